The average molecular weight is 396 g/mol. The van der Waals surface area contributed by atoms with Gasteiger partial charge in [-0.05, 0) is 49.8 Å². The molecule has 0 fully saturated rings. The van der Waals surface area contributed by atoms with Crippen LogP contribution in [0, 0.1) is 18.6 Å². The number of allylic oxidation sites excluding steroid dienone is 1. The Kier molecular flexibility index (Phi) is 22.1. The van der Waals surface area contributed by atoms with Crippen molar-refractivity contribution in [2.75, 3.05) is 5.32 Å². The van der Waals surface area contributed by atoms with Gasteiger partial charge in [-0.2, -0.15) is 0 Å². The number of hydrogen-bond donors (Lipinski definition) is 2. The number of aromatic hydroxyl groups is 1. The lowest BCUT2D eigenvalue weighted by Gasteiger charge is -2.02. The highest BCUT2D eigenvalue weighted by Crippen LogP contribution is 2.14. The van der Waals surface area contributed by atoms with Gasteiger partial charge < -0.3 is 10.4 Å². The van der Waals surface area contributed by atoms with Crippen LogP contribution in [0.5, 0.6) is 5.75 Å². The van der Waals surface area contributed by atoms with Gasteiger partial charge in [-0.3, -0.25) is 4.79 Å². The summed E-state index contributed by atoms with van der Waals surface area (Å²) in [5.41, 5.74) is 1.06. The van der Waals surface area contributed by atoms with E-state index < -0.39 is 17.5 Å². The summed E-state index contributed by atoms with van der Waals surface area (Å²) < 4.78 is 25.4. The molecule has 3 nitrogen and oxygen atoms in total. The fourth-order valence-corrected chi connectivity index (χ4v) is 1.54. The standard InChI is InChI=1S/C10H9F2NO.C7H8O.3C2H6/c1-2-3-10(14)13-9-5-4-7(11)6-8(9)12;1-6-3-2-4-7(8)5-6;3*1-2/h2-6H,1H3,(H,13,14);2-5,8H,1H3;3*1-2H3/b3-2+;;;;. The summed E-state index contributed by atoms with van der Waals surface area (Å²) in [6.07, 6.45) is 2.78. The first-order valence-corrected chi connectivity index (χ1v) is 9.56. The third-order valence-electron chi connectivity index (χ3n) is 2.51. The van der Waals surface area contributed by atoms with Gasteiger partial charge in [0.1, 0.15) is 17.4 Å². The monoisotopic (exact) mass is 395 g/mol. The molecule has 0 unspecified atom stereocenters. The largest absolute Gasteiger partial charge is 0.508 e. The lowest BCUT2D eigenvalue weighted by molar-refractivity contribution is -0.111. The molecule has 2 rings (SSSR count). The van der Waals surface area contributed by atoms with E-state index in [1.807, 2.05) is 60.6 Å². The van der Waals surface area contributed by atoms with E-state index in [1.54, 1.807) is 19.1 Å². The summed E-state index contributed by atoms with van der Waals surface area (Å²) in [5.74, 6) is -1.57. The van der Waals surface area contributed by atoms with Crippen LogP contribution in [0.3, 0.4) is 0 Å². The first kappa shape index (κ1) is 30.1. The molecule has 158 valence electrons. The maximum absolute atomic E-state index is 13.0. The van der Waals surface area contributed by atoms with Crippen molar-refractivity contribution in [3.63, 3.8) is 0 Å². The van der Waals surface area contributed by atoms with Gasteiger partial charge in [-0.25, -0.2) is 8.78 Å². The van der Waals surface area contributed by atoms with Gasteiger partial charge in [0.05, 0.1) is 5.69 Å². The Morgan fingerprint density at radius 2 is 1.54 bits per heavy atom. The summed E-state index contributed by atoms with van der Waals surface area (Å²) in [7, 11) is 0. The van der Waals surface area contributed by atoms with Crippen LogP contribution in [0.15, 0.2) is 54.6 Å². The number of amides is 1. The highest BCUT2D eigenvalue weighted by molar-refractivity contribution is 5.99. The highest BCUT2D eigenvalue weighted by Gasteiger charge is 2.04. The van der Waals surface area contributed by atoms with Gasteiger partial charge in [0.15, 0.2) is 0 Å². The zero-order chi connectivity index (χ0) is 22.5. The molecule has 5 heteroatoms. The number of carbonyl (C=O) groups excluding carboxylic acids is 1. The van der Waals surface area contributed by atoms with Crippen molar-refractivity contribution >= 4 is 11.6 Å². The molecule has 0 saturated carbocycles. The van der Waals surface area contributed by atoms with Gasteiger partial charge in [-0.15, -0.1) is 0 Å². The smallest absolute Gasteiger partial charge is 0.248 e. The number of nitrogens with one attached hydrogen (secondary N) is 1. The predicted octanol–water partition coefficient (Wildman–Crippen LogP) is 7.26. The first-order valence-electron chi connectivity index (χ1n) is 9.56. The molecule has 0 aromatic heterocycles. The molecule has 2 aromatic rings. The minimum Gasteiger partial charge on any atom is -0.508 e. The van der Waals surface area contributed by atoms with E-state index in [4.69, 9.17) is 5.11 Å². The minimum absolute atomic E-state index is 0.0329. The van der Waals surface area contributed by atoms with Crippen molar-refractivity contribution < 1.29 is 18.7 Å². The van der Waals surface area contributed by atoms with E-state index >= 15 is 0 Å². The Morgan fingerprint density at radius 3 is 1.93 bits per heavy atom. The number of phenolic OH excluding ortho intramolecular Hbond substituents is 1. The molecule has 0 spiro atoms. The van der Waals surface area contributed by atoms with Crippen molar-refractivity contribution in [2.24, 2.45) is 0 Å². The highest BCUT2D eigenvalue weighted by atomic mass is 19.1. The molecule has 0 atom stereocenters. The number of hydrogen-bond acceptors (Lipinski definition) is 2. The summed E-state index contributed by atoms with van der Waals surface area (Å²) in [6, 6.07) is 10.1. The van der Waals surface area contributed by atoms with Gasteiger partial charge in [0, 0.05) is 6.07 Å². The predicted molar refractivity (Wildman–Crippen MR) is 117 cm³/mol. The lowest BCUT2D eigenvalue weighted by Crippen LogP contribution is -2.09. The molecule has 0 heterocycles. The normalized spacial score (nSPS) is 8.50. The van der Waals surface area contributed by atoms with Crippen LogP contribution in [-0.2, 0) is 4.79 Å². The molecular weight excluding hydrogens is 360 g/mol. The van der Waals surface area contributed by atoms with Crippen LogP contribution in [-0.4, -0.2) is 11.0 Å². The zero-order valence-electron chi connectivity index (χ0n) is 18.3. The second-order valence-electron chi connectivity index (χ2n) is 4.45. The van der Waals surface area contributed by atoms with Crippen molar-refractivity contribution in [1.29, 1.82) is 0 Å². The fraction of sp³-hybridized carbons (Fsp3) is 0.348. The molecule has 0 aliphatic carbocycles. The molecule has 0 aliphatic heterocycles. The van der Waals surface area contributed by atoms with Crippen molar-refractivity contribution in [1.82, 2.24) is 0 Å². The molecule has 2 N–H and O–H groups in total. The number of carbonyl (C=O) groups is 1. The Morgan fingerprint density at radius 1 is 0.964 bits per heavy atom. The van der Waals surface area contributed by atoms with E-state index in [9.17, 15) is 13.6 Å². The van der Waals surface area contributed by atoms with Crippen LogP contribution >= 0.6 is 0 Å². The number of anilines is 1. The lowest BCUT2D eigenvalue weighted by atomic mass is 10.2. The Bertz CT molecular complexity index is 654. The molecule has 28 heavy (non-hydrogen) atoms. The van der Waals surface area contributed by atoms with Gasteiger partial charge >= 0.3 is 0 Å². The van der Waals surface area contributed by atoms with E-state index in [-0.39, 0.29) is 5.69 Å². The molecule has 0 bridgehead atoms. The molecule has 0 saturated heterocycles. The number of benzene rings is 2. The number of phenols is 1. The van der Waals surface area contributed by atoms with E-state index in [1.165, 1.54) is 18.2 Å². The number of halogens is 2. The number of rotatable bonds is 2. The van der Waals surface area contributed by atoms with E-state index in [2.05, 4.69) is 5.32 Å². The Labute approximate surface area is 169 Å². The van der Waals surface area contributed by atoms with E-state index in [0.717, 1.165) is 11.6 Å². The SMILES string of the molecule is C/C=C/C(=O)Nc1ccc(F)cc1F.CC.CC.CC.Cc1cccc(O)c1. The molecule has 1 amide bonds. The minimum atomic E-state index is -0.789. The van der Waals surface area contributed by atoms with Crippen LogP contribution in [0.25, 0.3) is 0 Å². The van der Waals surface area contributed by atoms with Gasteiger partial charge in [-0.1, -0.05) is 59.8 Å². The van der Waals surface area contributed by atoms with Crippen LogP contribution < -0.4 is 5.32 Å². The second kappa shape index (κ2) is 20.6. The van der Waals surface area contributed by atoms with Crippen LogP contribution in [0.2, 0.25) is 0 Å². The maximum atomic E-state index is 13.0. The fourth-order valence-electron chi connectivity index (χ4n) is 1.54. The Hall–Kier alpha value is -2.69. The molecule has 2 aromatic carbocycles. The molecular formula is C23H35F2NO2. The second-order valence-corrected chi connectivity index (χ2v) is 4.45. The summed E-state index contributed by atoms with van der Waals surface area (Å²) in [6.45, 7) is 15.6. The van der Waals surface area contributed by atoms with Crippen LogP contribution in [0.4, 0.5) is 14.5 Å². The van der Waals surface area contributed by atoms with Crippen LogP contribution in [0.1, 0.15) is 54.0 Å². The van der Waals surface area contributed by atoms with Crippen molar-refractivity contribution in [3.8, 4) is 5.75 Å². The third kappa shape index (κ3) is 15.6. The zero-order valence-corrected chi connectivity index (χ0v) is 18.3. The molecule has 0 aliphatic rings. The molecule has 0 radical (unpaired) electrons. The van der Waals surface area contributed by atoms with E-state index in [0.29, 0.717) is 11.8 Å². The quantitative estimate of drug-likeness (QED) is 0.526. The Balaban J connectivity index is -0.000000379. The maximum Gasteiger partial charge on any atom is 0.248 e. The van der Waals surface area contributed by atoms with Crippen molar-refractivity contribution in [3.05, 3.63) is 71.8 Å². The third-order valence-corrected chi connectivity index (χ3v) is 2.51. The topological polar surface area (TPSA) is 49.3 Å². The first-order chi connectivity index (χ1) is 13.4. The summed E-state index contributed by atoms with van der Waals surface area (Å²) in [5, 5.41) is 11.1. The average Bonchev–Trinajstić information content (AvgIpc) is 2.69. The van der Waals surface area contributed by atoms with Crippen molar-refractivity contribution in [2.45, 2.75) is 55.4 Å². The van der Waals surface area contributed by atoms with Gasteiger partial charge in [0.2, 0.25) is 5.91 Å². The number of aryl methyl sites for hydroxylation is 1. The van der Waals surface area contributed by atoms with Gasteiger partial charge in [0.25, 0.3) is 0 Å². The summed E-state index contributed by atoms with van der Waals surface area (Å²) in [4.78, 5) is 11.0. The summed E-state index contributed by atoms with van der Waals surface area (Å²) >= 11 is 0.